The van der Waals surface area contributed by atoms with Crippen molar-refractivity contribution in [1.82, 2.24) is 14.8 Å². The van der Waals surface area contributed by atoms with E-state index >= 15 is 0 Å². The van der Waals surface area contributed by atoms with Gasteiger partial charge in [-0.25, -0.2) is 0 Å². The molecule has 0 bridgehead atoms. The predicted octanol–water partition coefficient (Wildman–Crippen LogP) is 2.36. The van der Waals surface area contributed by atoms with Gasteiger partial charge < -0.3 is 5.73 Å². The summed E-state index contributed by atoms with van der Waals surface area (Å²) in [6, 6.07) is 5.82. The molecule has 2 aromatic heterocycles. The fourth-order valence-corrected chi connectivity index (χ4v) is 1.83. The summed E-state index contributed by atoms with van der Waals surface area (Å²) in [7, 11) is 1.86. The zero-order chi connectivity index (χ0) is 12.6. The van der Waals surface area contributed by atoms with Crippen LogP contribution in [0.3, 0.4) is 0 Å². The highest BCUT2D eigenvalue weighted by atomic mass is 15.3. The Labute approximate surface area is 101 Å². The van der Waals surface area contributed by atoms with Crippen LogP contribution in [-0.4, -0.2) is 14.8 Å². The molecule has 17 heavy (non-hydrogen) atoms. The summed E-state index contributed by atoms with van der Waals surface area (Å²) < 4.78 is 1.71. The Morgan fingerprint density at radius 3 is 2.47 bits per heavy atom. The smallest absolute Gasteiger partial charge is 0.131 e. The third-order valence-electron chi connectivity index (χ3n) is 2.72. The second-order valence-electron chi connectivity index (χ2n) is 5.20. The molecule has 0 aromatic carbocycles. The summed E-state index contributed by atoms with van der Waals surface area (Å²) in [6.45, 7) is 6.38. The molecule has 0 unspecified atom stereocenters. The Bertz CT molecular complexity index is 520. The van der Waals surface area contributed by atoms with Gasteiger partial charge >= 0.3 is 0 Å². The average molecular weight is 230 g/mol. The second kappa shape index (κ2) is 3.87. The number of nitrogen functional groups attached to an aromatic ring is 1. The van der Waals surface area contributed by atoms with E-state index in [4.69, 9.17) is 5.73 Å². The minimum atomic E-state index is -0.0533. The van der Waals surface area contributed by atoms with E-state index in [9.17, 15) is 0 Å². The van der Waals surface area contributed by atoms with E-state index in [1.54, 1.807) is 10.9 Å². The molecule has 0 amide bonds. The molecule has 0 spiro atoms. The van der Waals surface area contributed by atoms with Crippen molar-refractivity contribution in [3.63, 3.8) is 0 Å². The third-order valence-corrected chi connectivity index (χ3v) is 2.72. The first-order valence-electron chi connectivity index (χ1n) is 5.65. The zero-order valence-corrected chi connectivity index (χ0v) is 10.7. The molecule has 0 radical (unpaired) electrons. The minimum Gasteiger partial charge on any atom is -0.383 e. The first-order chi connectivity index (χ1) is 7.91. The van der Waals surface area contributed by atoms with Crippen LogP contribution in [0, 0.1) is 0 Å². The number of nitrogens with zero attached hydrogens (tertiary/aromatic N) is 3. The quantitative estimate of drug-likeness (QED) is 0.818. The van der Waals surface area contributed by atoms with Crippen LogP contribution in [0.15, 0.2) is 24.4 Å². The Balaban J connectivity index is 2.69. The van der Waals surface area contributed by atoms with Crippen molar-refractivity contribution in [3.05, 3.63) is 30.1 Å². The van der Waals surface area contributed by atoms with Crippen LogP contribution >= 0.6 is 0 Å². The molecule has 90 valence electrons. The van der Waals surface area contributed by atoms with Gasteiger partial charge in [-0.3, -0.25) is 9.67 Å². The fraction of sp³-hybridized carbons (Fsp3) is 0.385. The van der Waals surface area contributed by atoms with Crippen LogP contribution < -0.4 is 5.73 Å². The molecule has 0 aliphatic rings. The molecule has 0 saturated carbocycles. The Morgan fingerprint density at radius 1 is 1.24 bits per heavy atom. The predicted molar refractivity (Wildman–Crippen MR) is 69.6 cm³/mol. The van der Waals surface area contributed by atoms with E-state index in [0.717, 1.165) is 17.0 Å². The van der Waals surface area contributed by atoms with Crippen molar-refractivity contribution in [2.24, 2.45) is 7.05 Å². The zero-order valence-electron chi connectivity index (χ0n) is 10.7. The van der Waals surface area contributed by atoms with Crippen LogP contribution in [-0.2, 0) is 12.5 Å². The maximum Gasteiger partial charge on any atom is 0.131 e. The van der Waals surface area contributed by atoms with Gasteiger partial charge in [0.2, 0.25) is 0 Å². The summed E-state index contributed by atoms with van der Waals surface area (Å²) in [5.74, 6) is 0.661. The van der Waals surface area contributed by atoms with Gasteiger partial charge in [0.05, 0.1) is 17.0 Å². The molecule has 4 heteroatoms. The number of anilines is 1. The van der Waals surface area contributed by atoms with E-state index < -0.39 is 0 Å². The lowest BCUT2D eigenvalue weighted by Gasteiger charge is -2.17. The second-order valence-corrected chi connectivity index (χ2v) is 5.20. The lowest BCUT2D eigenvalue weighted by molar-refractivity contribution is 0.554. The molecule has 0 atom stereocenters. The van der Waals surface area contributed by atoms with E-state index in [0.29, 0.717) is 5.82 Å². The summed E-state index contributed by atoms with van der Waals surface area (Å²) in [4.78, 5) is 4.36. The molecular formula is C13H18N4. The number of pyridine rings is 1. The summed E-state index contributed by atoms with van der Waals surface area (Å²) in [5.41, 5.74) is 8.84. The molecule has 2 aromatic rings. The molecule has 2 N–H and O–H groups in total. The molecule has 0 aliphatic heterocycles. The number of aryl methyl sites for hydroxylation is 1. The highest BCUT2D eigenvalue weighted by molar-refractivity contribution is 5.74. The largest absolute Gasteiger partial charge is 0.383 e. The Morgan fingerprint density at radius 2 is 1.94 bits per heavy atom. The van der Waals surface area contributed by atoms with Gasteiger partial charge in [0.15, 0.2) is 0 Å². The Kier molecular flexibility index (Phi) is 2.65. The highest BCUT2D eigenvalue weighted by Gasteiger charge is 2.26. The molecule has 0 fully saturated rings. The van der Waals surface area contributed by atoms with Crippen molar-refractivity contribution in [1.29, 1.82) is 0 Å². The van der Waals surface area contributed by atoms with Gasteiger partial charge in [0.25, 0.3) is 0 Å². The number of hydrogen-bond acceptors (Lipinski definition) is 3. The van der Waals surface area contributed by atoms with Crippen molar-refractivity contribution in [3.8, 4) is 11.3 Å². The minimum absolute atomic E-state index is 0.0533. The first kappa shape index (κ1) is 11.6. The lowest BCUT2D eigenvalue weighted by Crippen LogP contribution is -2.14. The average Bonchev–Trinajstić information content (AvgIpc) is 2.57. The van der Waals surface area contributed by atoms with Crippen LogP contribution in [0.2, 0.25) is 0 Å². The summed E-state index contributed by atoms with van der Waals surface area (Å²) in [6.07, 6.45) is 1.77. The van der Waals surface area contributed by atoms with Crippen LogP contribution in [0.5, 0.6) is 0 Å². The maximum absolute atomic E-state index is 6.09. The molecule has 2 rings (SSSR count). The van der Waals surface area contributed by atoms with E-state index in [1.165, 1.54) is 0 Å². The van der Waals surface area contributed by atoms with Gasteiger partial charge in [0.1, 0.15) is 5.82 Å². The van der Waals surface area contributed by atoms with Crippen molar-refractivity contribution in [2.45, 2.75) is 26.2 Å². The lowest BCUT2D eigenvalue weighted by atomic mass is 9.88. The molecule has 0 aliphatic carbocycles. The highest BCUT2D eigenvalue weighted by Crippen LogP contribution is 2.34. The summed E-state index contributed by atoms with van der Waals surface area (Å²) in [5, 5.41) is 4.51. The monoisotopic (exact) mass is 230 g/mol. The Hall–Kier alpha value is -1.84. The van der Waals surface area contributed by atoms with Crippen LogP contribution in [0.4, 0.5) is 5.82 Å². The van der Waals surface area contributed by atoms with Gasteiger partial charge in [-0.2, -0.15) is 5.10 Å². The number of hydrogen-bond donors (Lipinski definition) is 1. The normalized spacial score (nSPS) is 11.8. The molecule has 4 nitrogen and oxygen atoms in total. The standard InChI is InChI=1S/C13H18N4/c1-13(2,3)11-10(12(14)17(4)16-11)9-7-5-6-8-15-9/h5-8H,14H2,1-4H3. The number of aromatic nitrogens is 3. The molecular weight excluding hydrogens is 212 g/mol. The van der Waals surface area contributed by atoms with Gasteiger partial charge in [-0.15, -0.1) is 0 Å². The molecule has 2 heterocycles. The number of nitrogens with two attached hydrogens (primary N) is 1. The van der Waals surface area contributed by atoms with Crippen molar-refractivity contribution in [2.75, 3.05) is 5.73 Å². The van der Waals surface area contributed by atoms with Crippen LogP contribution in [0.1, 0.15) is 26.5 Å². The maximum atomic E-state index is 6.09. The van der Waals surface area contributed by atoms with Gasteiger partial charge in [-0.1, -0.05) is 26.8 Å². The topological polar surface area (TPSA) is 56.7 Å². The van der Waals surface area contributed by atoms with E-state index in [1.807, 2.05) is 25.2 Å². The van der Waals surface area contributed by atoms with E-state index in [-0.39, 0.29) is 5.41 Å². The SMILES string of the molecule is Cn1nc(C(C)(C)C)c(-c2ccccn2)c1N. The molecule has 0 saturated heterocycles. The van der Waals surface area contributed by atoms with Crippen molar-refractivity contribution < 1.29 is 0 Å². The fourth-order valence-electron chi connectivity index (χ4n) is 1.83. The summed E-state index contributed by atoms with van der Waals surface area (Å²) >= 11 is 0. The van der Waals surface area contributed by atoms with Crippen LogP contribution in [0.25, 0.3) is 11.3 Å². The first-order valence-corrected chi connectivity index (χ1v) is 5.65. The van der Waals surface area contributed by atoms with E-state index in [2.05, 4.69) is 30.9 Å². The van der Waals surface area contributed by atoms with Gasteiger partial charge in [-0.05, 0) is 12.1 Å². The van der Waals surface area contributed by atoms with Gasteiger partial charge in [0, 0.05) is 18.7 Å². The third kappa shape index (κ3) is 2.02. The van der Waals surface area contributed by atoms with Crippen molar-refractivity contribution >= 4 is 5.82 Å². The number of rotatable bonds is 1.